The maximum Gasteiger partial charge on any atom is 0.236 e. The van der Waals surface area contributed by atoms with Gasteiger partial charge in [0.25, 0.3) is 0 Å². The zero-order valence-corrected chi connectivity index (χ0v) is 14.3. The molecule has 2 amide bonds. The first-order valence-corrected chi connectivity index (χ1v) is 8.59. The van der Waals surface area contributed by atoms with Crippen LogP contribution >= 0.6 is 0 Å². The molecule has 0 saturated carbocycles. The number of nitrogens with one attached hydrogen (secondary N) is 1. The minimum Gasteiger partial charge on any atom is -0.354 e. The first-order chi connectivity index (χ1) is 11.6. The summed E-state index contributed by atoms with van der Waals surface area (Å²) in [4.78, 5) is 32.3. The number of aromatic nitrogens is 1. The van der Waals surface area contributed by atoms with Crippen LogP contribution in [0.2, 0.25) is 0 Å². The quantitative estimate of drug-likeness (QED) is 0.752. The smallest absolute Gasteiger partial charge is 0.236 e. The van der Waals surface area contributed by atoms with Crippen molar-refractivity contribution < 1.29 is 9.59 Å². The van der Waals surface area contributed by atoms with Gasteiger partial charge < -0.3 is 20.9 Å². The number of anilines is 1. The second-order valence-corrected chi connectivity index (χ2v) is 5.99. The number of hydrogen-bond donors (Lipinski definition) is 2. The molecule has 0 radical (unpaired) electrons. The molecule has 132 valence electrons. The monoisotopic (exact) mass is 333 g/mol. The lowest BCUT2D eigenvalue weighted by molar-refractivity contribution is -0.131. The second kappa shape index (κ2) is 9.22. The van der Waals surface area contributed by atoms with Crippen molar-refractivity contribution in [3.63, 3.8) is 0 Å². The van der Waals surface area contributed by atoms with Crippen molar-refractivity contribution in [1.29, 1.82) is 0 Å². The lowest BCUT2D eigenvalue weighted by atomic mass is 10.1. The number of pyridine rings is 1. The third-order valence-corrected chi connectivity index (χ3v) is 4.18. The van der Waals surface area contributed by atoms with Crippen LogP contribution in [-0.4, -0.2) is 60.5 Å². The van der Waals surface area contributed by atoms with Crippen molar-refractivity contribution in [2.24, 2.45) is 5.73 Å². The number of amides is 2. The molecule has 0 aliphatic carbocycles. The minimum atomic E-state index is -0.480. The fourth-order valence-electron chi connectivity index (χ4n) is 2.75. The van der Waals surface area contributed by atoms with Gasteiger partial charge in [-0.2, -0.15) is 0 Å². The summed E-state index contributed by atoms with van der Waals surface area (Å²) >= 11 is 0. The van der Waals surface area contributed by atoms with Crippen LogP contribution in [0, 0.1) is 0 Å². The van der Waals surface area contributed by atoms with Crippen molar-refractivity contribution in [3.05, 3.63) is 24.4 Å². The lowest BCUT2D eigenvalue weighted by Crippen LogP contribution is -2.49. The zero-order chi connectivity index (χ0) is 17.4. The second-order valence-electron chi connectivity index (χ2n) is 5.99. The summed E-state index contributed by atoms with van der Waals surface area (Å²) in [6.07, 6.45) is 3.62. The predicted molar refractivity (Wildman–Crippen MR) is 93.5 cm³/mol. The van der Waals surface area contributed by atoms with E-state index in [1.54, 1.807) is 6.20 Å². The van der Waals surface area contributed by atoms with Crippen LogP contribution in [0.15, 0.2) is 24.4 Å². The molecule has 1 fully saturated rings. The normalized spacial score (nSPS) is 15.9. The van der Waals surface area contributed by atoms with Crippen LogP contribution in [-0.2, 0) is 9.59 Å². The average Bonchev–Trinajstić information content (AvgIpc) is 2.62. The van der Waals surface area contributed by atoms with Gasteiger partial charge in [0, 0.05) is 45.3 Å². The Morgan fingerprint density at radius 3 is 2.67 bits per heavy atom. The summed E-state index contributed by atoms with van der Waals surface area (Å²) in [5.41, 5.74) is 5.74. The molecule has 1 aliphatic rings. The summed E-state index contributed by atoms with van der Waals surface area (Å²) in [7, 11) is 0. The maximum atomic E-state index is 12.2. The standard InChI is InChI=1S/C17H27N5O2/c1-2-5-14(18)17(24)20-9-7-16(23)22-12-10-21(11-13-22)15-6-3-4-8-19-15/h3-4,6,8,14H,2,5,7,9-13,18H2,1H3,(H,20,24). The van der Waals surface area contributed by atoms with Gasteiger partial charge in [-0.3, -0.25) is 9.59 Å². The van der Waals surface area contributed by atoms with Gasteiger partial charge in [-0.15, -0.1) is 0 Å². The summed E-state index contributed by atoms with van der Waals surface area (Å²) in [6, 6.07) is 5.36. The molecule has 1 atom stereocenters. The Kier molecular flexibility index (Phi) is 6.99. The average molecular weight is 333 g/mol. The largest absolute Gasteiger partial charge is 0.354 e. The van der Waals surface area contributed by atoms with Crippen LogP contribution in [0.1, 0.15) is 26.2 Å². The van der Waals surface area contributed by atoms with E-state index in [9.17, 15) is 9.59 Å². The Bertz CT molecular complexity index is 529. The fraction of sp³-hybridized carbons (Fsp3) is 0.588. The lowest BCUT2D eigenvalue weighted by Gasteiger charge is -2.35. The van der Waals surface area contributed by atoms with Crippen molar-refractivity contribution in [2.45, 2.75) is 32.2 Å². The molecule has 7 nitrogen and oxygen atoms in total. The van der Waals surface area contributed by atoms with Crippen molar-refractivity contribution in [3.8, 4) is 0 Å². The van der Waals surface area contributed by atoms with E-state index in [0.717, 1.165) is 25.3 Å². The van der Waals surface area contributed by atoms with E-state index in [4.69, 9.17) is 5.73 Å². The van der Waals surface area contributed by atoms with Crippen molar-refractivity contribution in [2.75, 3.05) is 37.6 Å². The van der Waals surface area contributed by atoms with E-state index in [2.05, 4.69) is 15.2 Å². The predicted octanol–water partition coefficient (Wildman–Crippen LogP) is 0.364. The van der Waals surface area contributed by atoms with Gasteiger partial charge in [-0.25, -0.2) is 4.98 Å². The third kappa shape index (κ3) is 5.19. The van der Waals surface area contributed by atoms with E-state index in [-0.39, 0.29) is 11.8 Å². The van der Waals surface area contributed by atoms with Gasteiger partial charge in [0.1, 0.15) is 5.82 Å². The molecule has 1 aromatic heterocycles. The highest BCUT2D eigenvalue weighted by Gasteiger charge is 2.21. The van der Waals surface area contributed by atoms with Gasteiger partial charge in [-0.1, -0.05) is 19.4 Å². The molecule has 2 heterocycles. The molecular weight excluding hydrogens is 306 g/mol. The van der Waals surface area contributed by atoms with Gasteiger partial charge in [-0.05, 0) is 18.6 Å². The van der Waals surface area contributed by atoms with E-state index in [1.807, 2.05) is 30.0 Å². The molecule has 24 heavy (non-hydrogen) atoms. The fourth-order valence-corrected chi connectivity index (χ4v) is 2.75. The van der Waals surface area contributed by atoms with E-state index in [1.165, 1.54) is 0 Å². The number of rotatable bonds is 7. The van der Waals surface area contributed by atoms with Crippen LogP contribution in [0.4, 0.5) is 5.82 Å². The Morgan fingerprint density at radius 1 is 1.29 bits per heavy atom. The van der Waals surface area contributed by atoms with E-state index >= 15 is 0 Å². The molecule has 0 aromatic carbocycles. The van der Waals surface area contributed by atoms with Crippen LogP contribution in [0.5, 0.6) is 0 Å². The molecule has 0 bridgehead atoms. The molecule has 1 aliphatic heterocycles. The molecule has 3 N–H and O–H groups in total. The van der Waals surface area contributed by atoms with Crippen LogP contribution < -0.4 is 16.0 Å². The van der Waals surface area contributed by atoms with Gasteiger partial charge in [0.15, 0.2) is 0 Å². The Labute approximate surface area is 143 Å². The summed E-state index contributed by atoms with van der Waals surface area (Å²) in [6.45, 7) is 5.24. The molecule has 7 heteroatoms. The first kappa shape index (κ1) is 18.2. The highest BCUT2D eigenvalue weighted by atomic mass is 16.2. The van der Waals surface area contributed by atoms with Gasteiger partial charge in [0.05, 0.1) is 6.04 Å². The Morgan fingerprint density at radius 2 is 2.04 bits per heavy atom. The molecule has 1 aromatic rings. The highest BCUT2D eigenvalue weighted by Crippen LogP contribution is 2.12. The summed E-state index contributed by atoms with van der Waals surface area (Å²) in [5.74, 6) is 0.839. The highest BCUT2D eigenvalue weighted by molar-refractivity contribution is 5.82. The zero-order valence-electron chi connectivity index (χ0n) is 14.3. The van der Waals surface area contributed by atoms with Crippen LogP contribution in [0.3, 0.4) is 0 Å². The maximum absolute atomic E-state index is 12.2. The first-order valence-electron chi connectivity index (χ1n) is 8.59. The summed E-state index contributed by atoms with van der Waals surface area (Å²) in [5, 5.41) is 2.74. The van der Waals surface area contributed by atoms with Crippen LogP contribution in [0.25, 0.3) is 0 Å². The number of hydrogen-bond acceptors (Lipinski definition) is 5. The molecule has 1 saturated heterocycles. The molecule has 0 spiro atoms. The van der Waals surface area contributed by atoms with E-state index in [0.29, 0.717) is 32.5 Å². The summed E-state index contributed by atoms with van der Waals surface area (Å²) < 4.78 is 0. The van der Waals surface area contributed by atoms with Gasteiger partial charge >= 0.3 is 0 Å². The SMILES string of the molecule is CCCC(N)C(=O)NCCC(=O)N1CCN(c2ccccn2)CC1. The molecule has 2 rings (SSSR count). The van der Waals surface area contributed by atoms with Gasteiger partial charge in [0.2, 0.25) is 11.8 Å². The topological polar surface area (TPSA) is 91.6 Å². The molecule has 1 unspecified atom stereocenters. The number of nitrogens with zero attached hydrogens (tertiary/aromatic N) is 3. The molecular formula is C17H27N5O2. The Hall–Kier alpha value is -2.15. The number of carbonyl (C=O) groups excluding carboxylic acids is 2. The number of piperazine rings is 1. The number of nitrogens with two attached hydrogens (primary N) is 1. The van der Waals surface area contributed by atoms with Crippen molar-refractivity contribution in [1.82, 2.24) is 15.2 Å². The Balaban J connectivity index is 1.68. The third-order valence-electron chi connectivity index (χ3n) is 4.18. The number of carbonyl (C=O) groups is 2. The van der Waals surface area contributed by atoms with Crippen molar-refractivity contribution >= 4 is 17.6 Å². The minimum absolute atomic E-state index is 0.0695. The van der Waals surface area contributed by atoms with E-state index < -0.39 is 6.04 Å².